The minimum Gasteiger partial charge on any atom is -0.395 e. The molecule has 0 aliphatic carbocycles. The van der Waals surface area contributed by atoms with Crippen molar-refractivity contribution in [2.45, 2.75) is 19.6 Å². The third kappa shape index (κ3) is 1.99. The molecule has 0 aliphatic rings. The fourth-order valence-corrected chi connectivity index (χ4v) is 1.76. The Morgan fingerprint density at radius 3 is 2.72 bits per heavy atom. The number of hydrogen-bond acceptors (Lipinski definition) is 3. The standard InChI is InChI=1S/C10H10F3N3O2/c1-5-4-6-7(14-5)15-9(10(11,12)13)16(2-3-17)8(6)18/h4,14,17H,2-3H2,1H3. The molecule has 2 aromatic heterocycles. The van der Waals surface area contributed by atoms with Crippen LogP contribution in [0.5, 0.6) is 0 Å². The first kappa shape index (κ1) is 12.6. The summed E-state index contributed by atoms with van der Waals surface area (Å²) >= 11 is 0. The fourth-order valence-electron chi connectivity index (χ4n) is 1.76. The molecule has 0 unspecified atom stereocenters. The van der Waals surface area contributed by atoms with E-state index in [0.717, 1.165) is 0 Å². The second-order valence-electron chi connectivity index (χ2n) is 3.83. The Balaban J connectivity index is 2.83. The van der Waals surface area contributed by atoms with Crippen molar-refractivity contribution in [1.82, 2.24) is 14.5 Å². The van der Waals surface area contributed by atoms with Crippen LogP contribution < -0.4 is 5.56 Å². The van der Waals surface area contributed by atoms with Gasteiger partial charge in [-0.3, -0.25) is 9.36 Å². The summed E-state index contributed by atoms with van der Waals surface area (Å²) in [5, 5.41) is 8.83. The summed E-state index contributed by atoms with van der Waals surface area (Å²) in [6.45, 7) is 0.602. The van der Waals surface area contributed by atoms with Gasteiger partial charge < -0.3 is 10.1 Å². The van der Waals surface area contributed by atoms with Crippen LogP contribution in [0.3, 0.4) is 0 Å². The molecule has 2 N–H and O–H groups in total. The van der Waals surface area contributed by atoms with Gasteiger partial charge in [0.05, 0.1) is 18.5 Å². The highest BCUT2D eigenvalue weighted by molar-refractivity contribution is 5.75. The number of halogens is 3. The van der Waals surface area contributed by atoms with Crippen molar-refractivity contribution in [3.8, 4) is 0 Å². The summed E-state index contributed by atoms with van der Waals surface area (Å²) in [5.74, 6) is -1.31. The summed E-state index contributed by atoms with van der Waals surface area (Å²) < 4.78 is 38.7. The zero-order chi connectivity index (χ0) is 13.5. The Morgan fingerprint density at radius 1 is 1.50 bits per heavy atom. The maximum atomic E-state index is 12.8. The molecule has 0 aliphatic heterocycles. The number of fused-ring (bicyclic) bond motifs is 1. The summed E-state index contributed by atoms with van der Waals surface area (Å²) in [5.41, 5.74) is -0.366. The SMILES string of the molecule is Cc1cc2c(=O)n(CCO)c(C(F)(F)F)nc2[nH]1. The van der Waals surface area contributed by atoms with E-state index in [2.05, 4.69) is 9.97 Å². The van der Waals surface area contributed by atoms with E-state index in [1.54, 1.807) is 6.92 Å². The molecular weight excluding hydrogens is 251 g/mol. The normalized spacial score (nSPS) is 12.3. The first-order valence-corrected chi connectivity index (χ1v) is 5.13. The number of hydrogen-bond donors (Lipinski definition) is 2. The summed E-state index contributed by atoms with van der Waals surface area (Å²) in [6.07, 6.45) is -4.75. The highest BCUT2D eigenvalue weighted by Crippen LogP contribution is 2.27. The van der Waals surface area contributed by atoms with Crippen LogP contribution in [0.25, 0.3) is 11.0 Å². The lowest BCUT2D eigenvalue weighted by Crippen LogP contribution is -2.30. The van der Waals surface area contributed by atoms with Crippen molar-refractivity contribution >= 4 is 11.0 Å². The zero-order valence-corrected chi connectivity index (χ0v) is 9.38. The number of aromatic amines is 1. The third-order valence-electron chi connectivity index (χ3n) is 2.46. The van der Waals surface area contributed by atoms with Crippen LogP contribution in [-0.4, -0.2) is 26.2 Å². The molecule has 98 valence electrons. The van der Waals surface area contributed by atoms with E-state index in [-0.39, 0.29) is 11.0 Å². The molecule has 5 nitrogen and oxygen atoms in total. The van der Waals surface area contributed by atoms with Crippen molar-refractivity contribution in [1.29, 1.82) is 0 Å². The van der Waals surface area contributed by atoms with Gasteiger partial charge in [0, 0.05) is 5.69 Å². The van der Waals surface area contributed by atoms with Gasteiger partial charge in [-0.25, -0.2) is 4.98 Å². The predicted molar refractivity (Wildman–Crippen MR) is 57.2 cm³/mol. The monoisotopic (exact) mass is 261 g/mol. The van der Waals surface area contributed by atoms with E-state index < -0.39 is 30.7 Å². The molecular formula is C10H10F3N3O2. The zero-order valence-electron chi connectivity index (χ0n) is 9.38. The minimum absolute atomic E-state index is 0.0777. The number of aliphatic hydroxyl groups excluding tert-OH is 1. The van der Waals surface area contributed by atoms with Crippen LogP contribution >= 0.6 is 0 Å². The minimum atomic E-state index is -4.75. The molecule has 0 saturated carbocycles. The van der Waals surface area contributed by atoms with Gasteiger partial charge in [0.2, 0.25) is 5.82 Å². The second-order valence-corrected chi connectivity index (χ2v) is 3.83. The van der Waals surface area contributed by atoms with Crippen LogP contribution in [0.4, 0.5) is 13.2 Å². The van der Waals surface area contributed by atoms with E-state index in [9.17, 15) is 18.0 Å². The number of nitrogens with zero attached hydrogens (tertiary/aromatic N) is 2. The lowest BCUT2D eigenvalue weighted by atomic mass is 10.3. The van der Waals surface area contributed by atoms with E-state index in [1.165, 1.54) is 6.07 Å². The Kier molecular flexibility index (Phi) is 2.89. The topological polar surface area (TPSA) is 70.9 Å². The molecule has 0 bridgehead atoms. The second kappa shape index (κ2) is 4.13. The molecule has 8 heteroatoms. The Labute approximate surface area is 98.9 Å². The molecule has 2 heterocycles. The number of nitrogens with one attached hydrogen (secondary N) is 1. The number of alkyl halides is 3. The fraction of sp³-hybridized carbons (Fsp3) is 0.400. The first-order chi connectivity index (χ1) is 8.34. The number of aromatic nitrogens is 3. The predicted octanol–water partition coefficient (Wildman–Crippen LogP) is 1.04. The molecule has 0 amide bonds. The van der Waals surface area contributed by atoms with E-state index in [0.29, 0.717) is 10.3 Å². The number of aliphatic hydroxyl groups is 1. The highest BCUT2D eigenvalue weighted by atomic mass is 19.4. The molecule has 18 heavy (non-hydrogen) atoms. The van der Waals surface area contributed by atoms with E-state index in [1.807, 2.05) is 0 Å². The van der Waals surface area contributed by atoms with Crippen molar-refractivity contribution < 1.29 is 18.3 Å². The van der Waals surface area contributed by atoms with E-state index in [4.69, 9.17) is 5.11 Å². The number of aryl methyl sites for hydroxylation is 1. The molecule has 2 rings (SSSR count). The summed E-state index contributed by atoms with van der Waals surface area (Å²) in [6, 6.07) is 1.43. The average molecular weight is 261 g/mol. The molecule has 0 fully saturated rings. The average Bonchev–Trinajstić information content (AvgIpc) is 2.62. The molecule has 0 atom stereocenters. The maximum Gasteiger partial charge on any atom is 0.449 e. The van der Waals surface area contributed by atoms with Crippen molar-refractivity contribution in [2.24, 2.45) is 0 Å². The van der Waals surface area contributed by atoms with Gasteiger partial charge in [-0.15, -0.1) is 0 Å². The van der Waals surface area contributed by atoms with Crippen LogP contribution in [0.1, 0.15) is 11.5 Å². The summed E-state index contributed by atoms with van der Waals surface area (Å²) in [7, 11) is 0. The largest absolute Gasteiger partial charge is 0.449 e. The molecule has 0 saturated heterocycles. The quantitative estimate of drug-likeness (QED) is 0.848. The van der Waals surface area contributed by atoms with Crippen LogP contribution in [-0.2, 0) is 12.7 Å². The van der Waals surface area contributed by atoms with Crippen LogP contribution in [0.2, 0.25) is 0 Å². The summed E-state index contributed by atoms with van der Waals surface area (Å²) in [4.78, 5) is 17.9. The highest BCUT2D eigenvalue weighted by Gasteiger charge is 2.37. The molecule has 0 spiro atoms. The third-order valence-corrected chi connectivity index (χ3v) is 2.46. The maximum absolute atomic E-state index is 12.8. The molecule has 0 aromatic carbocycles. The number of H-pyrrole nitrogens is 1. The van der Waals surface area contributed by atoms with Gasteiger partial charge in [-0.2, -0.15) is 13.2 Å². The van der Waals surface area contributed by atoms with Gasteiger partial charge in [0.25, 0.3) is 5.56 Å². The lowest BCUT2D eigenvalue weighted by Gasteiger charge is -2.13. The van der Waals surface area contributed by atoms with Crippen molar-refractivity contribution in [3.63, 3.8) is 0 Å². The number of rotatable bonds is 2. The van der Waals surface area contributed by atoms with Crippen LogP contribution in [0, 0.1) is 6.92 Å². The Morgan fingerprint density at radius 2 is 2.17 bits per heavy atom. The van der Waals surface area contributed by atoms with Gasteiger partial charge in [-0.1, -0.05) is 0 Å². The Hall–Kier alpha value is -1.83. The first-order valence-electron chi connectivity index (χ1n) is 5.13. The van der Waals surface area contributed by atoms with Gasteiger partial charge in [0.1, 0.15) is 5.65 Å². The van der Waals surface area contributed by atoms with Gasteiger partial charge in [-0.05, 0) is 13.0 Å². The lowest BCUT2D eigenvalue weighted by molar-refractivity contribution is -0.148. The molecule has 0 radical (unpaired) electrons. The van der Waals surface area contributed by atoms with Crippen LogP contribution in [0.15, 0.2) is 10.9 Å². The van der Waals surface area contributed by atoms with Gasteiger partial charge in [0.15, 0.2) is 0 Å². The Bertz CT molecular complexity index is 642. The van der Waals surface area contributed by atoms with Crippen molar-refractivity contribution in [2.75, 3.05) is 6.61 Å². The molecule has 2 aromatic rings. The van der Waals surface area contributed by atoms with E-state index >= 15 is 0 Å². The van der Waals surface area contributed by atoms with Gasteiger partial charge >= 0.3 is 6.18 Å². The smallest absolute Gasteiger partial charge is 0.395 e. The van der Waals surface area contributed by atoms with Crippen molar-refractivity contribution in [3.05, 3.63) is 27.9 Å².